The van der Waals surface area contributed by atoms with Gasteiger partial charge in [0.1, 0.15) is 5.75 Å². The number of nitrogens with zero attached hydrogens (tertiary/aromatic N) is 1. The average Bonchev–Trinajstić information content (AvgIpc) is 2.65. The fourth-order valence-electron chi connectivity index (χ4n) is 4.67. The fraction of sp³-hybridized carbons (Fsp3) is 0.619. The molecule has 0 heterocycles. The van der Waals surface area contributed by atoms with Crippen molar-refractivity contribution in [2.75, 3.05) is 25.5 Å². The number of hydrogen-bond donors (Lipinski definition) is 2. The van der Waals surface area contributed by atoms with Gasteiger partial charge in [0.2, 0.25) is 11.8 Å². The Bertz CT molecular complexity index is 664. The van der Waals surface area contributed by atoms with Gasteiger partial charge in [0, 0.05) is 30.3 Å². The van der Waals surface area contributed by atoms with E-state index in [1.807, 2.05) is 25.1 Å². The Labute approximate surface area is 161 Å². The lowest BCUT2D eigenvalue weighted by molar-refractivity contribution is -0.140. The summed E-state index contributed by atoms with van der Waals surface area (Å²) in [5.74, 6) is 1.51. The summed E-state index contributed by atoms with van der Waals surface area (Å²) in [6, 6.07) is 7.46. The molecule has 0 radical (unpaired) electrons. The van der Waals surface area contributed by atoms with Crippen LogP contribution in [0.4, 0.5) is 5.69 Å². The molecule has 2 amide bonds. The van der Waals surface area contributed by atoms with Crippen LogP contribution in [0, 0.1) is 17.8 Å². The minimum Gasteiger partial charge on any atom is -0.497 e. The van der Waals surface area contributed by atoms with Crippen molar-refractivity contribution in [1.82, 2.24) is 4.90 Å². The molecule has 2 aliphatic carbocycles. The summed E-state index contributed by atoms with van der Waals surface area (Å²) >= 11 is 0. The number of nitrogens with two attached hydrogens (primary N) is 1. The maximum absolute atomic E-state index is 13.0. The number of likely N-dealkylation sites (N-methyl/N-ethyl adjacent to an activating group) is 1. The van der Waals surface area contributed by atoms with Crippen molar-refractivity contribution in [2.45, 2.75) is 45.1 Å². The number of rotatable bonds is 6. The van der Waals surface area contributed by atoms with Gasteiger partial charge in [-0.3, -0.25) is 9.59 Å². The Morgan fingerprint density at radius 1 is 1.26 bits per heavy atom. The molecule has 2 saturated carbocycles. The molecule has 0 spiro atoms. The van der Waals surface area contributed by atoms with Crippen LogP contribution >= 0.6 is 0 Å². The van der Waals surface area contributed by atoms with Crippen LogP contribution < -0.4 is 15.8 Å². The summed E-state index contributed by atoms with van der Waals surface area (Å²) in [5, 5.41) is 2.85. The normalized spacial score (nSPS) is 26.9. The Hall–Kier alpha value is -2.08. The van der Waals surface area contributed by atoms with Crippen molar-refractivity contribution in [2.24, 2.45) is 23.5 Å². The van der Waals surface area contributed by atoms with Gasteiger partial charge < -0.3 is 20.7 Å². The molecule has 1 aromatic rings. The number of nitrogens with one attached hydrogen (secondary N) is 1. The van der Waals surface area contributed by atoms with Crippen LogP contribution in [0.1, 0.15) is 39.0 Å². The second-order valence-electron chi connectivity index (χ2n) is 7.83. The van der Waals surface area contributed by atoms with Crippen LogP contribution in [0.15, 0.2) is 24.3 Å². The number of ether oxygens (including phenoxy) is 1. The number of anilines is 1. The highest BCUT2D eigenvalue weighted by atomic mass is 16.5. The van der Waals surface area contributed by atoms with Crippen LogP contribution in [0.2, 0.25) is 0 Å². The zero-order chi connectivity index (χ0) is 19.4. The molecule has 2 unspecified atom stereocenters. The van der Waals surface area contributed by atoms with Crippen LogP contribution in [-0.4, -0.2) is 43.0 Å². The van der Waals surface area contributed by atoms with Gasteiger partial charge in [0.05, 0.1) is 13.7 Å². The van der Waals surface area contributed by atoms with Crippen molar-refractivity contribution >= 4 is 17.5 Å². The molecule has 3 rings (SSSR count). The van der Waals surface area contributed by atoms with Gasteiger partial charge in [0.25, 0.3) is 0 Å². The van der Waals surface area contributed by atoms with Crippen LogP contribution in [0.25, 0.3) is 0 Å². The zero-order valence-electron chi connectivity index (χ0n) is 16.3. The predicted octanol–water partition coefficient (Wildman–Crippen LogP) is 2.64. The molecule has 1 aromatic carbocycles. The molecule has 2 bridgehead atoms. The molecular weight excluding hydrogens is 342 g/mol. The van der Waals surface area contributed by atoms with Gasteiger partial charge in [-0.25, -0.2) is 0 Å². The van der Waals surface area contributed by atoms with Crippen molar-refractivity contribution in [3.8, 4) is 5.75 Å². The molecule has 2 aliphatic rings. The van der Waals surface area contributed by atoms with Crippen LogP contribution in [0.5, 0.6) is 5.75 Å². The summed E-state index contributed by atoms with van der Waals surface area (Å²) in [7, 11) is 1.59. The summed E-state index contributed by atoms with van der Waals surface area (Å²) in [6.45, 7) is 2.53. The number of benzene rings is 1. The van der Waals surface area contributed by atoms with Crippen molar-refractivity contribution in [1.29, 1.82) is 0 Å². The first-order valence-electron chi connectivity index (χ1n) is 10.00. The predicted molar refractivity (Wildman–Crippen MR) is 105 cm³/mol. The second kappa shape index (κ2) is 8.74. The highest BCUT2D eigenvalue weighted by molar-refractivity contribution is 5.95. The van der Waals surface area contributed by atoms with E-state index in [0.29, 0.717) is 29.8 Å². The van der Waals surface area contributed by atoms with Crippen molar-refractivity contribution < 1.29 is 14.3 Å². The minimum absolute atomic E-state index is 0.00432. The lowest BCUT2D eigenvalue weighted by Gasteiger charge is -2.44. The third-order valence-electron chi connectivity index (χ3n) is 6.14. The summed E-state index contributed by atoms with van der Waals surface area (Å²) in [5.41, 5.74) is 7.01. The molecule has 6 heteroatoms. The first kappa shape index (κ1) is 19.7. The van der Waals surface area contributed by atoms with E-state index in [4.69, 9.17) is 10.5 Å². The SMILES string of the molecule is CCN(CC(=O)Nc1cccc(OC)c1)C(=O)C1CC2CCCC(C1)C2N. The molecule has 148 valence electrons. The van der Waals surface area contributed by atoms with E-state index in [-0.39, 0.29) is 30.3 Å². The van der Waals surface area contributed by atoms with Crippen molar-refractivity contribution in [3.63, 3.8) is 0 Å². The van der Waals surface area contributed by atoms with Gasteiger partial charge in [0.15, 0.2) is 0 Å². The second-order valence-corrected chi connectivity index (χ2v) is 7.83. The highest BCUT2D eigenvalue weighted by Gasteiger charge is 2.41. The van der Waals surface area contributed by atoms with Gasteiger partial charge in [-0.15, -0.1) is 0 Å². The number of amides is 2. The number of carbonyl (C=O) groups is 2. The van der Waals surface area contributed by atoms with E-state index in [1.165, 1.54) is 6.42 Å². The molecule has 6 nitrogen and oxygen atoms in total. The molecule has 0 aliphatic heterocycles. The number of methoxy groups -OCH3 is 1. The standard InChI is InChI=1S/C21H31N3O3/c1-3-24(13-19(25)23-17-8-5-9-18(12-17)27-2)21(26)16-10-14-6-4-7-15(11-16)20(14)22/h5,8-9,12,14-16,20H,3-4,6-7,10-11,13,22H2,1-2H3,(H,23,25). The first-order chi connectivity index (χ1) is 13.0. The molecule has 2 atom stereocenters. The summed E-state index contributed by atoms with van der Waals surface area (Å²) in [6.07, 6.45) is 5.22. The summed E-state index contributed by atoms with van der Waals surface area (Å²) < 4.78 is 5.18. The lowest BCUT2D eigenvalue weighted by atomic mass is 9.65. The van der Waals surface area contributed by atoms with E-state index in [1.54, 1.807) is 18.1 Å². The molecule has 27 heavy (non-hydrogen) atoms. The molecule has 2 fully saturated rings. The van der Waals surface area contributed by atoms with E-state index in [9.17, 15) is 9.59 Å². The Kier molecular flexibility index (Phi) is 6.37. The molecule has 3 N–H and O–H groups in total. The number of carbonyl (C=O) groups excluding carboxylic acids is 2. The average molecular weight is 373 g/mol. The monoisotopic (exact) mass is 373 g/mol. The Morgan fingerprint density at radius 3 is 2.59 bits per heavy atom. The van der Waals surface area contributed by atoms with E-state index < -0.39 is 0 Å². The van der Waals surface area contributed by atoms with E-state index in [0.717, 1.165) is 25.7 Å². The molecule has 0 saturated heterocycles. The molecule has 0 aromatic heterocycles. The van der Waals surface area contributed by atoms with Crippen LogP contribution in [-0.2, 0) is 9.59 Å². The topological polar surface area (TPSA) is 84.7 Å². The van der Waals surface area contributed by atoms with Crippen LogP contribution in [0.3, 0.4) is 0 Å². The van der Waals surface area contributed by atoms with Gasteiger partial charge in [-0.05, 0) is 56.6 Å². The van der Waals surface area contributed by atoms with E-state index >= 15 is 0 Å². The van der Waals surface area contributed by atoms with Crippen molar-refractivity contribution in [3.05, 3.63) is 24.3 Å². The Morgan fingerprint density at radius 2 is 1.96 bits per heavy atom. The largest absolute Gasteiger partial charge is 0.497 e. The van der Waals surface area contributed by atoms with Gasteiger partial charge >= 0.3 is 0 Å². The number of fused-ring (bicyclic) bond motifs is 2. The lowest BCUT2D eigenvalue weighted by Crippen LogP contribution is -2.50. The smallest absolute Gasteiger partial charge is 0.243 e. The zero-order valence-corrected chi connectivity index (χ0v) is 16.3. The van der Waals surface area contributed by atoms with Gasteiger partial charge in [-0.1, -0.05) is 12.5 Å². The maximum atomic E-state index is 13.0. The van der Waals surface area contributed by atoms with E-state index in [2.05, 4.69) is 5.32 Å². The fourth-order valence-corrected chi connectivity index (χ4v) is 4.67. The third-order valence-corrected chi connectivity index (χ3v) is 6.14. The maximum Gasteiger partial charge on any atom is 0.243 e. The third kappa shape index (κ3) is 4.61. The minimum atomic E-state index is -0.189. The summed E-state index contributed by atoms with van der Waals surface area (Å²) in [4.78, 5) is 27.2. The number of hydrogen-bond acceptors (Lipinski definition) is 4. The molecular formula is C21H31N3O3. The highest BCUT2D eigenvalue weighted by Crippen LogP contribution is 2.42. The van der Waals surface area contributed by atoms with Gasteiger partial charge in [-0.2, -0.15) is 0 Å². The first-order valence-corrected chi connectivity index (χ1v) is 10.00. The Balaban J connectivity index is 1.59. The quantitative estimate of drug-likeness (QED) is 0.803.